The van der Waals surface area contributed by atoms with Crippen LogP contribution in [-0.4, -0.2) is 6.17 Å². The van der Waals surface area contributed by atoms with Crippen LogP contribution in [0.4, 0.5) is 0 Å². The Bertz CT molecular complexity index is 60.4. The lowest BCUT2D eigenvalue weighted by atomic mass is 10.4. The molecule has 0 saturated carbocycles. The zero-order chi connectivity index (χ0) is 4.99. The quantitative estimate of drug-likeness (QED) is 0.324. The molecule has 0 unspecified atom stereocenters. The highest BCUT2D eigenvalue weighted by Crippen LogP contribution is 1.69. The van der Waals surface area contributed by atoms with E-state index in [-0.39, 0.29) is 6.17 Å². The Labute approximate surface area is 37.5 Å². The monoisotopic (exact) mass is 84.1 g/mol. The van der Waals surface area contributed by atoms with Gasteiger partial charge in [0.25, 0.3) is 0 Å². The van der Waals surface area contributed by atoms with E-state index in [1.165, 1.54) is 0 Å². The summed E-state index contributed by atoms with van der Waals surface area (Å²) in [6.45, 7) is 0. The fraction of sp³-hybridized carbons (Fsp3) is 0.500. The van der Waals surface area contributed by atoms with Gasteiger partial charge in [0.2, 0.25) is 0 Å². The van der Waals surface area contributed by atoms with Crippen molar-refractivity contribution in [2.24, 2.45) is 11.5 Å². The smallest absolute Gasteiger partial charge is 0.0633 e. The van der Waals surface area contributed by atoms with E-state index in [2.05, 4.69) is 5.92 Å². The van der Waals surface area contributed by atoms with Crippen molar-refractivity contribution in [1.29, 1.82) is 0 Å². The number of nitrogens with two attached hydrogens (primary N) is 2. The van der Waals surface area contributed by atoms with Gasteiger partial charge >= 0.3 is 0 Å². The van der Waals surface area contributed by atoms with Gasteiger partial charge in [-0.3, -0.25) is 0 Å². The molecule has 0 aliphatic rings. The molecule has 0 bridgehead atoms. The van der Waals surface area contributed by atoms with E-state index >= 15 is 0 Å². The second-order valence-corrected chi connectivity index (χ2v) is 1.07. The topological polar surface area (TPSA) is 52.0 Å². The Kier molecular flexibility index (Phi) is 2.47. The van der Waals surface area contributed by atoms with Gasteiger partial charge in [0.1, 0.15) is 0 Å². The van der Waals surface area contributed by atoms with Crippen LogP contribution in [0.3, 0.4) is 0 Å². The number of terminal acetylenes is 1. The van der Waals surface area contributed by atoms with Crippen LogP contribution < -0.4 is 11.5 Å². The van der Waals surface area contributed by atoms with Crippen LogP contribution in [0.1, 0.15) is 6.42 Å². The minimum Gasteiger partial charge on any atom is -0.315 e. The molecule has 2 heteroatoms. The van der Waals surface area contributed by atoms with Crippen molar-refractivity contribution in [3.63, 3.8) is 0 Å². The van der Waals surface area contributed by atoms with Gasteiger partial charge in [-0.1, -0.05) is 0 Å². The highest BCUT2D eigenvalue weighted by atomic mass is 14.8. The molecule has 0 fully saturated rings. The average molecular weight is 84.1 g/mol. The lowest BCUT2D eigenvalue weighted by molar-refractivity contribution is 0.733. The second-order valence-electron chi connectivity index (χ2n) is 1.07. The standard InChI is InChI=1S/C4H8N2/c1-2-3-4(5)6/h1,4H,3,5-6H2. The lowest BCUT2D eigenvalue weighted by Gasteiger charge is -1.92. The summed E-state index contributed by atoms with van der Waals surface area (Å²) in [7, 11) is 0. The van der Waals surface area contributed by atoms with E-state index in [0.29, 0.717) is 6.42 Å². The van der Waals surface area contributed by atoms with Gasteiger partial charge in [0.15, 0.2) is 0 Å². The molecule has 0 aromatic rings. The molecule has 0 aliphatic heterocycles. The first kappa shape index (κ1) is 5.48. The van der Waals surface area contributed by atoms with Gasteiger partial charge in [-0.15, -0.1) is 12.3 Å². The van der Waals surface area contributed by atoms with E-state index in [1.54, 1.807) is 0 Å². The van der Waals surface area contributed by atoms with Gasteiger partial charge in [-0.2, -0.15) is 0 Å². The van der Waals surface area contributed by atoms with Gasteiger partial charge < -0.3 is 11.5 Å². The Hall–Kier alpha value is -0.520. The van der Waals surface area contributed by atoms with Gasteiger partial charge in [-0.05, 0) is 0 Å². The third-order valence-corrected chi connectivity index (χ3v) is 0.354. The molecule has 0 atom stereocenters. The molecule has 6 heavy (non-hydrogen) atoms. The van der Waals surface area contributed by atoms with Crippen LogP contribution in [-0.2, 0) is 0 Å². The molecule has 34 valence electrons. The largest absolute Gasteiger partial charge is 0.315 e. The maximum absolute atomic E-state index is 5.04. The number of hydrogen-bond acceptors (Lipinski definition) is 2. The molecule has 4 N–H and O–H groups in total. The third kappa shape index (κ3) is 3.48. The third-order valence-electron chi connectivity index (χ3n) is 0.354. The van der Waals surface area contributed by atoms with Crippen molar-refractivity contribution < 1.29 is 0 Å². The van der Waals surface area contributed by atoms with E-state index in [1.807, 2.05) is 0 Å². The predicted molar refractivity (Wildman–Crippen MR) is 25.6 cm³/mol. The Morgan fingerprint density at radius 1 is 1.67 bits per heavy atom. The Balaban J connectivity index is 2.88. The average Bonchev–Trinajstić information content (AvgIpc) is 1.35. The van der Waals surface area contributed by atoms with Gasteiger partial charge in [-0.25, -0.2) is 0 Å². The molecule has 0 aromatic carbocycles. The van der Waals surface area contributed by atoms with Crippen LogP contribution >= 0.6 is 0 Å². The first-order valence-electron chi connectivity index (χ1n) is 1.72. The number of rotatable bonds is 1. The summed E-state index contributed by atoms with van der Waals surface area (Å²) >= 11 is 0. The van der Waals surface area contributed by atoms with Crippen LogP contribution in [0.15, 0.2) is 0 Å². The van der Waals surface area contributed by atoms with Crippen molar-refractivity contribution in [2.45, 2.75) is 12.6 Å². The second kappa shape index (κ2) is 2.70. The summed E-state index contributed by atoms with van der Waals surface area (Å²) in [6.07, 6.45) is 4.94. The molecule has 2 nitrogen and oxygen atoms in total. The highest BCUT2D eigenvalue weighted by molar-refractivity contribution is 4.86. The zero-order valence-corrected chi connectivity index (χ0v) is 3.52. The van der Waals surface area contributed by atoms with Crippen LogP contribution in [0.2, 0.25) is 0 Å². The molecule has 0 radical (unpaired) electrons. The lowest BCUT2D eigenvalue weighted by Crippen LogP contribution is -2.29. The molecule has 0 amide bonds. The maximum Gasteiger partial charge on any atom is 0.0633 e. The van der Waals surface area contributed by atoms with E-state index < -0.39 is 0 Å². The van der Waals surface area contributed by atoms with Gasteiger partial charge in [0, 0.05) is 6.42 Å². The predicted octanol–water partition coefficient (Wildman–Crippen LogP) is -0.747. The molecular formula is C4H8N2. The van der Waals surface area contributed by atoms with Gasteiger partial charge in [0.05, 0.1) is 6.17 Å². The highest BCUT2D eigenvalue weighted by Gasteiger charge is 1.82. The Morgan fingerprint density at radius 3 is 2.17 bits per heavy atom. The minimum atomic E-state index is -0.338. The summed E-state index contributed by atoms with van der Waals surface area (Å²) < 4.78 is 0. The summed E-state index contributed by atoms with van der Waals surface area (Å²) in [5.41, 5.74) is 10.1. The summed E-state index contributed by atoms with van der Waals surface area (Å²) in [4.78, 5) is 0. The first-order chi connectivity index (χ1) is 2.77. The molecule has 0 saturated heterocycles. The van der Waals surface area contributed by atoms with E-state index in [0.717, 1.165) is 0 Å². The first-order valence-corrected chi connectivity index (χ1v) is 1.72. The van der Waals surface area contributed by atoms with Crippen molar-refractivity contribution in [3.8, 4) is 12.3 Å². The SMILES string of the molecule is C#CCC(N)N. The molecule has 0 aliphatic carbocycles. The zero-order valence-electron chi connectivity index (χ0n) is 3.52. The molecule has 0 aromatic heterocycles. The number of hydrogen-bond donors (Lipinski definition) is 2. The molecule has 0 heterocycles. The Morgan fingerprint density at radius 2 is 2.17 bits per heavy atom. The van der Waals surface area contributed by atoms with E-state index in [9.17, 15) is 0 Å². The van der Waals surface area contributed by atoms with Crippen molar-refractivity contribution >= 4 is 0 Å². The van der Waals surface area contributed by atoms with Crippen molar-refractivity contribution in [3.05, 3.63) is 0 Å². The normalized spacial score (nSPS) is 8.33. The fourth-order valence-electron chi connectivity index (χ4n) is 0.136. The van der Waals surface area contributed by atoms with Crippen LogP contribution in [0.5, 0.6) is 0 Å². The van der Waals surface area contributed by atoms with Crippen LogP contribution in [0, 0.1) is 12.3 Å². The summed E-state index contributed by atoms with van der Waals surface area (Å²) in [6, 6.07) is 0. The summed E-state index contributed by atoms with van der Waals surface area (Å²) in [5.74, 6) is 2.32. The molecule has 0 spiro atoms. The molecule has 0 rings (SSSR count). The summed E-state index contributed by atoms with van der Waals surface area (Å²) in [5, 5.41) is 0. The maximum atomic E-state index is 5.04. The van der Waals surface area contributed by atoms with Crippen molar-refractivity contribution in [1.82, 2.24) is 0 Å². The van der Waals surface area contributed by atoms with E-state index in [4.69, 9.17) is 17.9 Å². The fourth-order valence-corrected chi connectivity index (χ4v) is 0.136. The molecular weight excluding hydrogens is 76.1 g/mol. The van der Waals surface area contributed by atoms with Crippen LogP contribution in [0.25, 0.3) is 0 Å². The van der Waals surface area contributed by atoms with Crippen molar-refractivity contribution in [2.75, 3.05) is 0 Å². The minimum absolute atomic E-state index is 0.338.